The van der Waals surface area contributed by atoms with E-state index in [2.05, 4.69) is 14.9 Å². The number of hydrogen-bond donors (Lipinski definition) is 1. The third kappa shape index (κ3) is 4.93. The Bertz CT molecular complexity index is 894. The molecule has 132 valence electrons. The number of benzene rings is 2. The van der Waals surface area contributed by atoms with Crippen molar-refractivity contribution in [2.45, 2.75) is 12.2 Å². The van der Waals surface area contributed by atoms with Crippen LogP contribution in [0.1, 0.15) is 12.6 Å². The molecule has 0 fully saturated rings. The zero-order valence-corrected chi connectivity index (χ0v) is 17.6. The first kappa shape index (κ1) is 18.6. The number of carbonyl (C=O) groups excluding carboxylic acids is 1. The van der Waals surface area contributed by atoms with Crippen LogP contribution >= 0.6 is 0 Å². The van der Waals surface area contributed by atoms with E-state index in [1.165, 1.54) is 0 Å². The van der Waals surface area contributed by atoms with Crippen molar-refractivity contribution >= 4 is 56.2 Å². The van der Waals surface area contributed by atoms with Crippen LogP contribution in [0.2, 0.25) is 0 Å². The average Bonchev–Trinajstić information content (AvgIpc) is 3.10. The van der Waals surface area contributed by atoms with E-state index in [4.69, 9.17) is 5.73 Å². The molecule has 26 heavy (non-hydrogen) atoms. The molecule has 0 bridgehead atoms. The third-order valence-corrected chi connectivity index (χ3v) is 6.99. The molecule has 2 aromatic carbocycles. The van der Waals surface area contributed by atoms with Gasteiger partial charge in [-0.1, -0.05) is 0 Å². The number of hydrogen-bond acceptors (Lipinski definition) is 3. The molecule has 1 heterocycles. The standard InChI is InChI=1S/C19H18N4OSe2/c1-14(24)23(17-10-6-3-7-11-17)19-22-16(13-26-19)12-25-18(20)21-15-8-4-2-5-9-15/h2-11,13H,12H2,1H3,(H2,20,21). The van der Waals surface area contributed by atoms with E-state index in [1.54, 1.807) is 11.8 Å². The van der Waals surface area contributed by atoms with Crippen LogP contribution in [-0.4, -0.2) is 45.1 Å². The number of aromatic nitrogens is 1. The molecule has 0 aliphatic heterocycles. The molecule has 0 unspecified atom stereocenters. The van der Waals surface area contributed by atoms with Crippen LogP contribution in [0.15, 0.2) is 70.6 Å². The van der Waals surface area contributed by atoms with Gasteiger partial charge in [-0.05, 0) is 0 Å². The number of carbonyl (C=O) groups is 1. The van der Waals surface area contributed by atoms with Gasteiger partial charge in [0, 0.05) is 0 Å². The molecule has 1 aromatic heterocycles. The van der Waals surface area contributed by atoms with Crippen molar-refractivity contribution in [3.63, 3.8) is 0 Å². The van der Waals surface area contributed by atoms with Crippen molar-refractivity contribution in [3.05, 3.63) is 71.3 Å². The van der Waals surface area contributed by atoms with E-state index < -0.39 is 0 Å². The van der Waals surface area contributed by atoms with Gasteiger partial charge in [-0.2, -0.15) is 0 Å². The normalized spacial score (nSPS) is 11.3. The summed E-state index contributed by atoms with van der Waals surface area (Å²) in [6.45, 7) is 1.57. The molecule has 0 aliphatic carbocycles. The number of amides is 1. The molecule has 0 saturated heterocycles. The first-order valence-electron chi connectivity index (χ1n) is 7.95. The number of rotatable bonds is 6. The van der Waals surface area contributed by atoms with Gasteiger partial charge in [0.15, 0.2) is 0 Å². The van der Waals surface area contributed by atoms with Crippen LogP contribution in [0.4, 0.5) is 16.1 Å². The molecule has 0 atom stereocenters. The first-order chi connectivity index (χ1) is 12.6. The summed E-state index contributed by atoms with van der Waals surface area (Å²) in [4.78, 5) is 25.0. The zero-order valence-electron chi connectivity index (χ0n) is 14.2. The number of amidine groups is 1. The summed E-state index contributed by atoms with van der Waals surface area (Å²) >= 11 is 0.0722. The van der Waals surface area contributed by atoms with Gasteiger partial charge >= 0.3 is 165 Å². The van der Waals surface area contributed by atoms with Crippen LogP contribution in [-0.2, 0) is 10.1 Å². The Morgan fingerprint density at radius 3 is 2.46 bits per heavy atom. The Labute approximate surface area is 164 Å². The summed E-state index contributed by atoms with van der Waals surface area (Å²) in [7, 11) is 0. The van der Waals surface area contributed by atoms with E-state index in [1.807, 2.05) is 60.7 Å². The van der Waals surface area contributed by atoms with Gasteiger partial charge in [-0.15, -0.1) is 0 Å². The Morgan fingerprint density at radius 1 is 1.15 bits per heavy atom. The van der Waals surface area contributed by atoms with E-state index in [9.17, 15) is 4.79 Å². The SMILES string of the molecule is CC(=O)N(c1ccccc1)c1nc(C[Se]C(N)=Nc2ccccc2)c[se]1. The predicted octanol–water partition coefficient (Wildman–Crippen LogP) is 2.67. The molecule has 3 aromatic rings. The molecule has 0 aliphatic rings. The monoisotopic (exact) mass is 478 g/mol. The Kier molecular flexibility index (Phi) is 6.42. The molecule has 0 saturated carbocycles. The molecule has 0 spiro atoms. The van der Waals surface area contributed by atoms with E-state index >= 15 is 0 Å². The maximum absolute atomic E-state index is 12.1. The predicted molar refractivity (Wildman–Crippen MR) is 108 cm³/mol. The fraction of sp³-hybridized carbons (Fsp3) is 0.105. The molecule has 7 heteroatoms. The van der Waals surface area contributed by atoms with E-state index in [-0.39, 0.29) is 35.4 Å². The number of anilines is 2. The second-order valence-electron chi connectivity index (χ2n) is 5.39. The molecular weight excluding hydrogens is 458 g/mol. The average molecular weight is 476 g/mol. The summed E-state index contributed by atoms with van der Waals surface area (Å²) in [5, 5.41) is 0.779. The Balaban J connectivity index is 1.69. The number of nitrogens with zero attached hydrogens (tertiary/aromatic N) is 3. The van der Waals surface area contributed by atoms with Gasteiger partial charge in [0.05, 0.1) is 0 Å². The molecule has 0 radical (unpaired) electrons. The van der Waals surface area contributed by atoms with Gasteiger partial charge in [-0.25, -0.2) is 0 Å². The fourth-order valence-electron chi connectivity index (χ4n) is 2.28. The summed E-state index contributed by atoms with van der Waals surface area (Å²) < 4.78 is 1.47. The first-order valence-corrected chi connectivity index (χ1v) is 11.9. The minimum absolute atomic E-state index is 0.0258. The Morgan fingerprint density at radius 2 is 1.81 bits per heavy atom. The van der Waals surface area contributed by atoms with Gasteiger partial charge in [0.2, 0.25) is 0 Å². The number of para-hydroxylation sites is 2. The molecule has 2 N–H and O–H groups in total. The van der Waals surface area contributed by atoms with Crippen molar-refractivity contribution in [3.8, 4) is 0 Å². The van der Waals surface area contributed by atoms with Crippen molar-refractivity contribution in [2.75, 3.05) is 4.90 Å². The van der Waals surface area contributed by atoms with Gasteiger partial charge in [0.1, 0.15) is 0 Å². The van der Waals surface area contributed by atoms with Crippen molar-refractivity contribution in [2.24, 2.45) is 10.7 Å². The summed E-state index contributed by atoms with van der Waals surface area (Å²) in [5.41, 5.74) is 8.77. The Hall–Kier alpha value is -2.17. The van der Waals surface area contributed by atoms with Crippen LogP contribution in [0, 0.1) is 0 Å². The number of nitrogens with two attached hydrogens (primary N) is 1. The van der Waals surface area contributed by atoms with Gasteiger partial charge in [-0.3, -0.25) is 0 Å². The molecule has 5 nitrogen and oxygen atoms in total. The maximum atomic E-state index is 12.1. The fourth-order valence-corrected chi connectivity index (χ4v) is 5.96. The minimum atomic E-state index is -0.0258. The van der Waals surface area contributed by atoms with Gasteiger partial charge in [0.25, 0.3) is 0 Å². The van der Waals surface area contributed by atoms with Crippen LogP contribution < -0.4 is 10.6 Å². The summed E-state index contributed by atoms with van der Waals surface area (Å²) in [5.74, 6) is -0.0258. The summed E-state index contributed by atoms with van der Waals surface area (Å²) in [6.07, 6.45) is 0. The van der Waals surface area contributed by atoms with Crippen molar-refractivity contribution in [1.82, 2.24) is 4.98 Å². The van der Waals surface area contributed by atoms with Crippen molar-refractivity contribution < 1.29 is 4.79 Å². The molecule has 3 rings (SSSR count). The van der Waals surface area contributed by atoms with Crippen molar-refractivity contribution in [1.29, 1.82) is 0 Å². The topological polar surface area (TPSA) is 71.6 Å². The molecule has 1 amide bonds. The second kappa shape index (κ2) is 8.97. The third-order valence-electron chi connectivity index (χ3n) is 3.42. The van der Waals surface area contributed by atoms with Crippen LogP contribution in [0.5, 0.6) is 0 Å². The molecular formula is C19H18N4OSe2. The quantitative estimate of drug-likeness (QED) is 0.338. The van der Waals surface area contributed by atoms with Gasteiger partial charge < -0.3 is 0 Å². The number of aliphatic imine (C=N–C) groups is 1. The van der Waals surface area contributed by atoms with Crippen LogP contribution in [0.3, 0.4) is 0 Å². The van der Waals surface area contributed by atoms with Crippen LogP contribution in [0.25, 0.3) is 0 Å². The summed E-state index contributed by atoms with van der Waals surface area (Å²) in [6, 6.07) is 19.3. The van der Waals surface area contributed by atoms with E-state index in [0.29, 0.717) is 4.73 Å². The zero-order chi connectivity index (χ0) is 18.4. The second-order valence-corrected chi connectivity index (χ2v) is 9.23. The van der Waals surface area contributed by atoms with E-state index in [0.717, 1.165) is 27.1 Å².